The molecule has 1 aromatic rings. The van der Waals surface area contributed by atoms with Crippen LogP contribution in [0.3, 0.4) is 0 Å². The van der Waals surface area contributed by atoms with E-state index >= 15 is 0 Å². The average molecular weight is 336 g/mol. The molecule has 1 heterocycles. The molecule has 3 rings (SSSR count). The smallest absolute Gasteiger partial charge is 0.232 e. The number of rotatable bonds is 3. The van der Waals surface area contributed by atoms with Crippen molar-refractivity contribution in [2.24, 2.45) is 11.3 Å². The van der Waals surface area contributed by atoms with Crippen molar-refractivity contribution in [2.75, 3.05) is 23.7 Å². The molecule has 2 atom stereocenters. The van der Waals surface area contributed by atoms with Crippen LogP contribution >= 0.6 is 11.6 Å². The highest BCUT2D eigenvalue weighted by Crippen LogP contribution is 2.44. The second-order valence-electron chi connectivity index (χ2n) is 6.56. The molecule has 3 N–H and O–H groups in total. The van der Waals surface area contributed by atoms with Gasteiger partial charge in [0.15, 0.2) is 0 Å². The molecular formula is C17H22ClN3O2. The minimum atomic E-state index is -0.300. The van der Waals surface area contributed by atoms with Crippen LogP contribution in [0.25, 0.3) is 0 Å². The van der Waals surface area contributed by atoms with E-state index in [4.69, 9.17) is 11.6 Å². The summed E-state index contributed by atoms with van der Waals surface area (Å²) in [6, 6.07) is 5.16. The van der Waals surface area contributed by atoms with Crippen LogP contribution in [0.4, 0.5) is 11.4 Å². The van der Waals surface area contributed by atoms with Gasteiger partial charge in [-0.25, -0.2) is 0 Å². The second-order valence-corrected chi connectivity index (χ2v) is 6.97. The zero-order chi connectivity index (χ0) is 16.4. The molecule has 0 aromatic heterocycles. The minimum absolute atomic E-state index is 0.0725. The number of carbonyl (C=O) groups is 2. The summed E-state index contributed by atoms with van der Waals surface area (Å²) in [6.45, 7) is 3.10. The van der Waals surface area contributed by atoms with Crippen LogP contribution in [0.5, 0.6) is 0 Å². The Kier molecular flexibility index (Phi) is 4.60. The fourth-order valence-corrected chi connectivity index (χ4v) is 4.00. The number of fused-ring (bicyclic) bond motifs is 1. The van der Waals surface area contributed by atoms with Crippen LogP contribution in [0.15, 0.2) is 18.2 Å². The maximum atomic E-state index is 12.9. The fourth-order valence-electron chi connectivity index (χ4n) is 3.83. The molecule has 23 heavy (non-hydrogen) atoms. The zero-order valence-electron chi connectivity index (χ0n) is 13.2. The number of halogens is 1. The average Bonchev–Trinajstić information content (AvgIpc) is 2.95. The van der Waals surface area contributed by atoms with Gasteiger partial charge in [0.25, 0.3) is 0 Å². The Morgan fingerprint density at radius 2 is 2.13 bits per heavy atom. The van der Waals surface area contributed by atoms with E-state index in [9.17, 15) is 9.59 Å². The molecule has 0 radical (unpaired) electrons. The molecule has 0 unspecified atom stereocenters. The quantitative estimate of drug-likeness (QED) is 0.795. The third-order valence-electron chi connectivity index (χ3n) is 5.03. The van der Waals surface area contributed by atoms with Crippen molar-refractivity contribution in [1.82, 2.24) is 5.32 Å². The third kappa shape index (κ3) is 3.21. The van der Waals surface area contributed by atoms with Gasteiger partial charge < -0.3 is 16.0 Å². The van der Waals surface area contributed by atoms with Crippen molar-refractivity contribution in [3.8, 4) is 0 Å². The number of hydrogen-bond acceptors (Lipinski definition) is 3. The number of amides is 2. The first-order valence-corrected chi connectivity index (χ1v) is 8.48. The third-order valence-corrected chi connectivity index (χ3v) is 5.35. The summed E-state index contributed by atoms with van der Waals surface area (Å²) in [4.78, 5) is 24.1. The summed E-state index contributed by atoms with van der Waals surface area (Å²) in [6.07, 6.45) is 4.35. The van der Waals surface area contributed by atoms with Gasteiger partial charge in [-0.2, -0.15) is 0 Å². The maximum absolute atomic E-state index is 12.9. The molecule has 124 valence electrons. The number of nitrogens with one attached hydrogen (secondary N) is 3. The molecular weight excluding hydrogens is 314 g/mol. The Balaban J connectivity index is 1.78. The van der Waals surface area contributed by atoms with E-state index in [1.54, 1.807) is 18.2 Å². The first-order valence-electron chi connectivity index (χ1n) is 8.10. The second kappa shape index (κ2) is 6.49. The standard InChI is InChI=1S/C17H22ClN3O2/c1-11(22)20-15-8-13(5-6-14(15)18)21-16(23)17-7-3-2-4-12(17)9-19-10-17/h5-6,8,12,19H,2-4,7,9-10H2,1H3,(H,20,22)(H,21,23)/t12-,17+/m0/s1. The summed E-state index contributed by atoms with van der Waals surface area (Å²) < 4.78 is 0. The lowest BCUT2D eigenvalue weighted by atomic mass is 9.67. The fraction of sp³-hybridized carbons (Fsp3) is 0.529. The Labute approximate surface area is 141 Å². The number of benzene rings is 1. The molecule has 0 bridgehead atoms. The van der Waals surface area contributed by atoms with Crippen molar-refractivity contribution in [1.29, 1.82) is 0 Å². The topological polar surface area (TPSA) is 70.2 Å². The molecule has 2 amide bonds. The molecule has 0 spiro atoms. The van der Waals surface area contributed by atoms with Gasteiger partial charge in [-0.15, -0.1) is 0 Å². The summed E-state index contributed by atoms with van der Waals surface area (Å²) in [5.74, 6) is 0.294. The summed E-state index contributed by atoms with van der Waals surface area (Å²) in [5.41, 5.74) is 0.874. The largest absolute Gasteiger partial charge is 0.325 e. The van der Waals surface area contributed by atoms with E-state index in [1.807, 2.05) is 0 Å². The van der Waals surface area contributed by atoms with Crippen LogP contribution in [0, 0.1) is 11.3 Å². The van der Waals surface area contributed by atoms with Gasteiger partial charge >= 0.3 is 0 Å². The SMILES string of the molecule is CC(=O)Nc1cc(NC(=O)[C@@]23CCCC[C@H]2CNC3)ccc1Cl. The Morgan fingerprint density at radius 1 is 1.30 bits per heavy atom. The number of carbonyl (C=O) groups excluding carboxylic acids is 2. The summed E-state index contributed by atoms with van der Waals surface area (Å²) in [7, 11) is 0. The number of hydrogen-bond donors (Lipinski definition) is 3. The van der Waals surface area contributed by atoms with Crippen LogP contribution in [-0.2, 0) is 9.59 Å². The predicted molar refractivity (Wildman–Crippen MR) is 91.6 cm³/mol. The zero-order valence-corrected chi connectivity index (χ0v) is 14.0. The first kappa shape index (κ1) is 16.3. The summed E-state index contributed by atoms with van der Waals surface area (Å²) in [5, 5.41) is 9.53. The molecule has 6 heteroatoms. The molecule has 1 saturated carbocycles. The molecule has 1 aliphatic carbocycles. The highest BCUT2D eigenvalue weighted by atomic mass is 35.5. The van der Waals surface area contributed by atoms with E-state index in [0.717, 1.165) is 32.4 Å². The van der Waals surface area contributed by atoms with Crippen molar-refractivity contribution in [3.63, 3.8) is 0 Å². The maximum Gasteiger partial charge on any atom is 0.232 e. The Morgan fingerprint density at radius 3 is 2.91 bits per heavy atom. The van der Waals surface area contributed by atoms with Crippen molar-refractivity contribution < 1.29 is 9.59 Å². The van der Waals surface area contributed by atoms with Crippen molar-refractivity contribution in [2.45, 2.75) is 32.6 Å². The van der Waals surface area contributed by atoms with E-state index < -0.39 is 0 Å². The first-order chi connectivity index (χ1) is 11.0. The minimum Gasteiger partial charge on any atom is -0.325 e. The summed E-state index contributed by atoms with van der Waals surface area (Å²) >= 11 is 6.08. The van der Waals surface area contributed by atoms with Gasteiger partial charge in [0.2, 0.25) is 11.8 Å². The van der Waals surface area contributed by atoms with Crippen LogP contribution < -0.4 is 16.0 Å². The van der Waals surface area contributed by atoms with E-state index in [2.05, 4.69) is 16.0 Å². The molecule has 2 aliphatic rings. The molecule has 2 fully saturated rings. The molecule has 5 nitrogen and oxygen atoms in total. The Hall–Kier alpha value is -1.59. The van der Waals surface area contributed by atoms with Crippen LogP contribution in [0.2, 0.25) is 5.02 Å². The number of anilines is 2. The Bertz CT molecular complexity index is 634. The van der Waals surface area contributed by atoms with Gasteiger partial charge in [-0.05, 0) is 43.5 Å². The van der Waals surface area contributed by atoms with Gasteiger partial charge in [0.05, 0.1) is 16.1 Å². The highest BCUT2D eigenvalue weighted by Gasteiger charge is 2.49. The highest BCUT2D eigenvalue weighted by molar-refractivity contribution is 6.33. The van der Waals surface area contributed by atoms with E-state index in [1.165, 1.54) is 13.3 Å². The molecule has 1 saturated heterocycles. The van der Waals surface area contributed by atoms with Gasteiger partial charge in [0, 0.05) is 19.2 Å². The van der Waals surface area contributed by atoms with E-state index in [-0.39, 0.29) is 17.2 Å². The molecule has 1 aromatic carbocycles. The monoisotopic (exact) mass is 335 g/mol. The van der Waals surface area contributed by atoms with Gasteiger partial charge in [-0.1, -0.05) is 24.4 Å². The lowest BCUT2D eigenvalue weighted by molar-refractivity contribution is -0.128. The predicted octanol–water partition coefficient (Wildman–Crippen LogP) is 3.02. The van der Waals surface area contributed by atoms with Crippen molar-refractivity contribution >= 4 is 34.8 Å². The lowest BCUT2D eigenvalue weighted by Gasteiger charge is -2.37. The van der Waals surface area contributed by atoms with Gasteiger partial charge in [0.1, 0.15) is 0 Å². The lowest BCUT2D eigenvalue weighted by Crippen LogP contribution is -2.44. The van der Waals surface area contributed by atoms with E-state index in [0.29, 0.717) is 22.3 Å². The van der Waals surface area contributed by atoms with Crippen LogP contribution in [-0.4, -0.2) is 24.9 Å². The van der Waals surface area contributed by atoms with Crippen LogP contribution in [0.1, 0.15) is 32.6 Å². The normalized spacial score (nSPS) is 26.4. The molecule has 1 aliphatic heterocycles. The van der Waals surface area contributed by atoms with Crippen molar-refractivity contribution in [3.05, 3.63) is 23.2 Å². The van der Waals surface area contributed by atoms with Gasteiger partial charge in [-0.3, -0.25) is 9.59 Å².